The largest absolute Gasteiger partial charge is 0.490 e. The molecule has 28 heavy (non-hydrogen) atoms. The summed E-state index contributed by atoms with van der Waals surface area (Å²) in [4.78, 5) is 12.3. The van der Waals surface area contributed by atoms with Crippen LogP contribution in [0.2, 0.25) is 0 Å². The Balaban J connectivity index is 1.28. The lowest BCUT2D eigenvalue weighted by Crippen LogP contribution is -2.05. The maximum atomic E-state index is 12.3. The van der Waals surface area contributed by atoms with Gasteiger partial charge in [-0.15, -0.1) is 0 Å². The number of nitrogens with zero attached hydrogens (tertiary/aromatic N) is 3. The number of carbonyl (C=O) groups excluding carboxylic acids is 1. The smallest absolute Gasteiger partial charge is 0.338 e. The van der Waals surface area contributed by atoms with E-state index in [0.717, 1.165) is 35.0 Å². The maximum Gasteiger partial charge on any atom is 0.338 e. The van der Waals surface area contributed by atoms with Gasteiger partial charge in [0, 0.05) is 18.1 Å². The van der Waals surface area contributed by atoms with Crippen molar-refractivity contribution in [3.63, 3.8) is 0 Å². The molecule has 3 heterocycles. The second-order valence-electron chi connectivity index (χ2n) is 6.68. The zero-order chi connectivity index (χ0) is 19.1. The average Bonchev–Trinajstić information content (AvgIpc) is 3.43. The Morgan fingerprint density at radius 3 is 3.00 bits per heavy atom. The van der Waals surface area contributed by atoms with E-state index in [0.29, 0.717) is 22.5 Å². The van der Waals surface area contributed by atoms with E-state index in [4.69, 9.17) is 14.0 Å². The van der Waals surface area contributed by atoms with Gasteiger partial charge in [-0.25, -0.2) is 4.79 Å². The van der Waals surface area contributed by atoms with Crippen LogP contribution >= 0.6 is 11.7 Å². The second kappa shape index (κ2) is 6.72. The van der Waals surface area contributed by atoms with Gasteiger partial charge in [0.2, 0.25) is 0 Å². The van der Waals surface area contributed by atoms with Crippen molar-refractivity contribution in [3.05, 3.63) is 59.3 Å². The molecule has 5 rings (SSSR count). The number of hydrogen-bond acceptors (Lipinski definition) is 8. The normalized spacial score (nSPS) is 15.4. The predicted molar refractivity (Wildman–Crippen MR) is 102 cm³/mol. The molecule has 1 atom stereocenters. The van der Waals surface area contributed by atoms with E-state index in [1.54, 1.807) is 24.3 Å². The van der Waals surface area contributed by atoms with E-state index >= 15 is 0 Å². The number of esters is 1. The Labute approximate surface area is 164 Å². The molecule has 0 saturated heterocycles. The first kappa shape index (κ1) is 16.9. The van der Waals surface area contributed by atoms with E-state index in [-0.39, 0.29) is 12.7 Å². The van der Waals surface area contributed by atoms with Crippen molar-refractivity contribution in [2.45, 2.75) is 26.1 Å². The van der Waals surface area contributed by atoms with Crippen molar-refractivity contribution >= 4 is 28.7 Å². The predicted octanol–water partition coefficient (Wildman–Crippen LogP) is 4.03. The summed E-state index contributed by atoms with van der Waals surface area (Å²) in [6.07, 6.45) is 1.10. The van der Waals surface area contributed by atoms with Crippen LogP contribution < -0.4 is 4.74 Å². The second-order valence-corrected chi connectivity index (χ2v) is 7.21. The molecule has 0 spiro atoms. The Hall–Kier alpha value is -3.26. The Bertz CT molecular complexity index is 1180. The lowest BCUT2D eigenvalue weighted by molar-refractivity contribution is 0.0464. The summed E-state index contributed by atoms with van der Waals surface area (Å²) in [5, 5.41) is 3.99. The SMILES string of the molecule is CC1Cc2ccc(-c3cc(COC(=O)c4ccc5nsnc5c4)no3)cc2O1. The first-order valence-corrected chi connectivity index (χ1v) is 9.54. The summed E-state index contributed by atoms with van der Waals surface area (Å²) < 4.78 is 24.8. The fraction of sp³-hybridized carbons (Fsp3) is 0.200. The van der Waals surface area contributed by atoms with E-state index in [1.807, 2.05) is 25.1 Å². The van der Waals surface area contributed by atoms with Gasteiger partial charge in [-0.1, -0.05) is 17.3 Å². The minimum absolute atomic E-state index is 0.0220. The van der Waals surface area contributed by atoms with Gasteiger partial charge in [-0.2, -0.15) is 8.75 Å². The van der Waals surface area contributed by atoms with Crippen LogP contribution in [0.5, 0.6) is 5.75 Å². The highest BCUT2D eigenvalue weighted by atomic mass is 32.1. The molecule has 2 aromatic carbocycles. The molecule has 1 aliphatic rings. The lowest BCUT2D eigenvalue weighted by Gasteiger charge is -2.03. The van der Waals surface area contributed by atoms with Gasteiger partial charge in [0.1, 0.15) is 35.2 Å². The Kier molecular flexibility index (Phi) is 4.05. The summed E-state index contributed by atoms with van der Waals surface area (Å²) in [6.45, 7) is 2.07. The molecular weight excluding hydrogens is 378 g/mol. The number of benzene rings is 2. The van der Waals surface area contributed by atoms with E-state index in [2.05, 4.69) is 13.9 Å². The Morgan fingerprint density at radius 2 is 2.07 bits per heavy atom. The van der Waals surface area contributed by atoms with Gasteiger partial charge in [0.05, 0.1) is 17.3 Å². The fourth-order valence-electron chi connectivity index (χ4n) is 3.20. The summed E-state index contributed by atoms with van der Waals surface area (Å²) in [6, 6.07) is 12.8. The molecule has 4 aromatic rings. The third kappa shape index (κ3) is 3.11. The topological polar surface area (TPSA) is 87.3 Å². The maximum absolute atomic E-state index is 12.3. The summed E-state index contributed by atoms with van der Waals surface area (Å²) in [5.41, 5.74) is 4.46. The number of hydrogen-bond donors (Lipinski definition) is 0. The van der Waals surface area contributed by atoms with Crippen molar-refractivity contribution in [2.75, 3.05) is 0 Å². The summed E-state index contributed by atoms with van der Waals surface area (Å²) in [7, 11) is 0. The molecule has 2 aromatic heterocycles. The zero-order valence-corrected chi connectivity index (χ0v) is 15.7. The molecule has 0 amide bonds. The number of ether oxygens (including phenoxy) is 2. The highest BCUT2D eigenvalue weighted by Gasteiger charge is 2.20. The van der Waals surface area contributed by atoms with Gasteiger partial charge in [0.25, 0.3) is 0 Å². The third-order valence-corrected chi connectivity index (χ3v) is 5.14. The van der Waals surface area contributed by atoms with Gasteiger partial charge >= 0.3 is 5.97 Å². The fourth-order valence-corrected chi connectivity index (χ4v) is 3.72. The minimum atomic E-state index is -0.445. The van der Waals surface area contributed by atoms with Gasteiger partial charge in [-0.05, 0) is 36.8 Å². The highest BCUT2D eigenvalue weighted by Crippen LogP contribution is 2.33. The molecular formula is C20H15N3O4S. The molecule has 0 bridgehead atoms. The standard InChI is InChI=1S/C20H15N3O4S/c1-11-6-12-2-3-13(8-18(12)26-11)19-9-15(21-27-19)10-25-20(24)14-4-5-16-17(7-14)23-28-22-16/h2-5,7-9,11H,6,10H2,1H3. The van der Waals surface area contributed by atoms with Crippen LogP contribution in [0.1, 0.15) is 28.5 Å². The summed E-state index contributed by atoms with van der Waals surface area (Å²) >= 11 is 1.11. The average molecular weight is 393 g/mol. The lowest BCUT2D eigenvalue weighted by atomic mass is 10.1. The first-order chi connectivity index (χ1) is 13.7. The minimum Gasteiger partial charge on any atom is -0.490 e. The zero-order valence-electron chi connectivity index (χ0n) is 14.9. The quantitative estimate of drug-likeness (QED) is 0.484. The molecule has 1 aliphatic heterocycles. The number of rotatable bonds is 4. The van der Waals surface area contributed by atoms with Crippen LogP contribution in [0.3, 0.4) is 0 Å². The van der Waals surface area contributed by atoms with Crippen molar-refractivity contribution in [1.29, 1.82) is 0 Å². The number of fused-ring (bicyclic) bond motifs is 2. The molecule has 0 N–H and O–H groups in total. The van der Waals surface area contributed by atoms with Crippen LogP contribution in [0, 0.1) is 0 Å². The number of aromatic nitrogens is 3. The highest BCUT2D eigenvalue weighted by molar-refractivity contribution is 7.00. The first-order valence-electron chi connectivity index (χ1n) is 8.81. The van der Waals surface area contributed by atoms with Gasteiger partial charge in [0.15, 0.2) is 5.76 Å². The molecule has 0 fully saturated rings. The molecule has 7 nitrogen and oxygen atoms in total. The van der Waals surface area contributed by atoms with E-state index in [9.17, 15) is 4.79 Å². The van der Waals surface area contributed by atoms with Crippen molar-refractivity contribution in [1.82, 2.24) is 13.9 Å². The molecule has 1 unspecified atom stereocenters. The van der Waals surface area contributed by atoms with Gasteiger partial charge < -0.3 is 14.0 Å². The monoisotopic (exact) mass is 393 g/mol. The van der Waals surface area contributed by atoms with Crippen molar-refractivity contribution < 1.29 is 18.8 Å². The van der Waals surface area contributed by atoms with Crippen molar-refractivity contribution in [2.24, 2.45) is 0 Å². The van der Waals surface area contributed by atoms with Crippen LogP contribution in [0.4, 0.5) is 0 Å². The molecule has 140 valence electrons. The van der Waals surface area contributed by atoms with Crippen LogP contribution in [-0.4, -0.2) is 26.0 Å². The molecule has 0 aliphatic carbocycles. The van der Waals surface area contributed by atoms with Gasteiger partial charge in [-0.3, -0.25) is 0 Å². The van der Waals surface area contributed by atoms with E-state index < -0.39 is 5.97 Å². The third-order valence-electron chi connectivity index (χ3n) is 4.59. The van der Waals surface area contributed by atoms with Crippen LogP contribution in [0.15, 0.2) is 47.0 Å². The molecule has 0 radical (unpaired) electrons. The van der Waals surface area contributed by atoms with Crippen molar-refractivity contribution in [3.8, 4) is 17.1 Å². The number of carbonyl (C=O) groups is 1. The Morgan fingerprint density at radius 1 is 1.18 bits per heavy atom. The molecule has 8 heteroatoms. The van der Waals surface area contributed by atoms with Crippen LogP contribution in [0.25, 0.3) is 22.4 Å². The summed E-state index contributed by atoms with van der Waals surface area (Å²) in [5.74, 6) is 1.03. The van der Waals surface area contributed by atoms with Crippen LogP contribution in [-0.2, 0) is 17.8 Å². The van der Waals surface area contributed by atoms with E-state index in [1.165, 1.54) is 5.56 Å². The molecule has 0 saturated carbocycles.